The first-order valence-electron chi connectivity index (χ1n) is 7.81. The highest BCUT2D eigenvalue weighted by molar-refractivity contribution is 5.25. The molecule has 0 N–H and O–H groups in total. The molecule has 1 aromatic rings. The molecule has 1 fully saturated rings. The van der Waals surface area contributed by atoms with E-state index in [9.17, 15) is 10.1 Å². The molecule has 21 heavy (non-hydrogen) atoms. The first kappa shape index (κ1) is 14.3. The molecule has 0 saturated carbocycles. The van der Waals surface area contributed by atoms with E-state index in [-0.39, 0.29) is 16.9 Å². The summed E-state index contributed by atoms with van der Waals surface area (Å²) in [4.78, 5) is 11.8. The van der Waals surface area contributed by atoms with Crippen LogP contribution in [0.25, 0.3) is 0 Å². The lowest BCUT2D eigenvalue weighted by Crippen LogP contribution is -2.58. The first-order valence-corrected chi connectivity index (χ1v) is 7.81. The molecule has 1 heterocycles. The summed E-state index contributed by atoms with van der Waals surface area (Å²) in [7, 11) is 2.19. The number of hydrogen-bond acceptors (Lipinski definition) is 2. The maximum atomic E-state index is 11.8. The van der Waals surface area contributed by atoms with Crippen LogP contribution in [-0.4, -0.2) is 41.6 Å². The second-order valence-corrected chi connectivity index (χ2v) is 6.58. The lowest BCUT2D eigenvalue weighted by molar-refractivity contribution is -0.928. The van der Waals surface area contributed by atoms with Gasteiger partial charge in [0.05, 0.1) is 26.1 Å². The van der Waals surface area contributed by atoms with E-state index < -0.39 is 6.04 Å². The summed E-state index contributed by atoms with van der Waals surface area (Å²) < 4.78 is 0.825. The van der Waals surface area contributed by atoms with Crippen molar-refractivity contribution in [2.75, 3.05) is 20.1 Å². The highest BCUT2D eigenvalue weighted by Gasteiger charge is 2.50. The lowest BCUT2D eigenvalue weighted by Gasteiger charge is -2.40. The molecule has 1 aliphatic heterocycles. The predicted octanol–water partition coefficient (Wildman–Crippen LogP) is 2.98. The van der Waals surface area contributed by atoms with Gasteiger partial charge in [-0.2, -0.15) is 0 Å². The maximum Gasteiger partial charge on any atom is 0.274 e. The van der Waals surface area contributed by atoms with Crippen LogP contribution in [0.5, 0.6) is 0 Å². The largest absolute Gasteiger partial charge is 0.315 e. The van der Waals surface area contributed by atoms with Gasteiger partial charge in [0.25, 0.3) is 6.04 Å². The molecule has 0 aromatic heterocycles. The van der Waals surface area contributed by atoms with E-state index in [1.54, 1.807) is 0 Å². The summed E-state index contributed by atoms with van der Waals surface area (Å²) in [5, 5.41) is 11.8. The molecule has 1 saturated heterocycles. The van der Waals surface area contributed by atoms with Gasteiger partial charge in [0.15, 0.2) is 6.04 Å². The topological polar surface area (TPSA) is 43.1 Å². The Labute approximate surface area is 125 Å². The first-order chi connectivity index (χ1) is 10.1. The zero-order valence-electron chi connectivity index (χ0n) is 12.5. The van der Waals surface area contributed by atoms with Gasteiger partial charge in [0.1, 0.15) is 0 Å². The standard InChI is InChI=1S/C17H23N2O2/c1-19(12-5-6-13-19)16-11-7-10-15(17(16)18(20)21)14-8-3-2-4-9-14/h2-4,7-9,11,15-17H,5-6,10,12-13H2,1H3/q+1/t15-,16+,17+/m1/s1. The van der Waals surface area contributed by atoms with Crippen molar-refractivity contribution in [3.63, 3.8) is 0 Å². The fraction of sp³-hybridized carbons (Fsp3) is 0.529. The third-order valence-corrected chi connectivity index (χ3v) is 5.26. The molecule has 2 aliphatic rings. The lowest BCUT2D eigenvalue weighted by atomic mass is 9.80. The van der Waals surface area contributed by atoms with Gasteiger partial charge in [-0.3, -0.25) is 10.1 Å². The van der Waals surface area contributed by atoms with Crippen LogP contribution in [0.1, 0.15) is 30.7 Å². The second-order valence-electron chi connectivity index (χ2n) is 6.58. The van der Waals surface area contributed by atoms with Crippen molar-refractivity contribution in [3.8, 4) is 0 Å². The number of quaternary nitrogens is 1. The van der Waals surface area contributed by atoms with Crippen molar-refractivity contribution < 1.29 is 9.41 Å². The van der Waals surface area contributed by atoms with E-state index in [1.165, 1.54) is 12.8 Å². The van der Waals surface area contributed by atoms with Crippen LogP contribution in [0.2, 0.25) is 0 Å². The fourth-order valence-electron chi connectivity index (χ4n) is 4.09. The zero-order valence-corrected chi connectivity index (χ0v) is 12.5. The minimum absolute atomic E-state index is 0.00135. The van der Waals surface area contributed by atoms with Crippen LogP contribution in [0.15, 0.2) is 42.5 Å². The second kappa shape index (κ2) is 5.60. The summed E-state index contributed by atoms with van der Waals surface area (Å²) >= 11 is 0. The molecule has 112 valence electrons. The van der Waals surface area contributed by atoms with E-state index in [2.05, 4.69) is 19.2 Å². The van der Waals surface area contributed by atoms with Crippen molar-refractivity contribution in [1.29, 1.82) is 0 Å². The van der Waals surface area contributed by atoms with E-state index >= 15 is 0 Å². The van der Waals surface area contributed by atoms with Crippen molar-refractivity contribution in [2.45, 2.75) is 37.3 Å². The van der Waals surface area contributed by atoms with Crippen LogP contribution in [0, 0.1) is 10.1 Å². The molecular weight excluding hydrogens is 264 g/mol. The number of likely N-dealkylation sites (tertiary alicyclic amines) is 1. The van der Waals surface area contributed by atoms with Gasteiger partial charge in [-0.15, -0.1) is 0 Å². The Morgan fingerprint density at radius 3 is 2.48 bits per heavy atom. The molecule has 0 unspecified atom stereocenters. The van der Waals surface area contributed by atoms with Gasteiger partial charge < -0.3 is 4.48 Å². The van der Waals surface area contributed by atoms with Gasteiger partial charge in [0.2, 0.25) is 0 Å². The smallest absolute Gasteiger partial charge is 0.274 e. The van der Waals surface area contributed by atoms with Crippen LogP contribution in [-0.2, 0) is 0 Å². The summed E-state index contributed by atoms with van der Waals surface area (Å²) in [5.41, 5.74) is 1.10. The van der Waals surface area contributed by atoms with E-state index in [1.807, 2.05) is 30.3 Å². The Morgan fingerprint density at radius 2 is 1.86 bits per heavy atom. The summed E-state index contributed by atoms with van der Waals surface area (Å²) in [6.07, 6.45) is 7.40. The number of likely N-dealkylation sites (N-methyl/N-ethyl adjacent to an activating group) is 1. The Hall–Kier alpha value is -1.68. The number of rotatable bonds is 3. The fourth-order valence-corrected chi connectivity index (χ4v) is 4.09. The minimum atomic E-state index is -0.513. The summed E-state index contributed by atoms with van der Waals surface area (Å²) in [6, 6.07) is 9.47. The molecule has 4 heteroatoms. The number of nitro groups is 1. The van der Waals surface area contributed by atoms with Crippen LogP contribution < -0.4 is 0 Å². The van der Waals surface area contributed by atoms with Gasteiger partial charge >= 0.3 is 0 Å². The van der Waals surface area contributed by atoms with Crippen LogP contribution in [0.3, 0.4) is 0 Å². The van der Waals surface area contributed by atoms with Crippen LogP contribution in [0.4, 0.5) is 0 Å². The van der Waals surface area contributed by atoms with E-state index in [0.29, 0.717) is 0 Å². The number of hydrogen-bond donors (Lipinski definition) is 0. The SMILES string of the molecule is C[N+]1([C@H]2C=CC[C@H](c3ccccc3)[C@@H]2[N+](=O)[O-])CCCC1. The average Bonchev–Trinajstić information content (AvgIpc) is 2.95. The average molecular weight is 287 g/mol. The molecule has 3 atom stereocenters. The van der Waals surface area contributed by atoms with Gasteiger partial charge in [-0.25, -0.2) is 0 Å². The quantitative estimate of drug-likeness (QED) is 0.371. The third kappa shape index (κ3) is 2.60. The molecule has 0 amide bonds. The molecule has 4 nitrogen and oxygen atoms in total. The maximum absolute atomic E-state index is 11.8. The number of allylic oxidation sites excluding steroid dienone is 1. The molecule has 1 aromatic carbocycles. The molecular formula is C17H23N2O2+. The van der Waals surface area contributed by atoms with Crippen molar-refractivity contribution in [2.24, 2.45) is 0 Å². The normalized spacial score (nSPS) is 31.2. The van der Waals surface area contributed by atoms with Crippen molar-refractivity contribution in [1.82, 2.24) is 0 Å². The molecule has 3 rings (SSSR count). The Morgan fingerprint density at radius 1 is 1.19 bits per heavy atom. The Kier molecular flexibility index (Phi) is 3.81. The van der Waals surface area contributed by atoms with Gasteiger partial charge in [-0.1, -0.05) is 36.4 Å². The highest BCUT2D eigenvalue weighted by Crippen LogP contribution is 2.37. The molecule has 0 spiro atoms. The van der Waals surface area contributed by atoms with Gasteiger partial charge in [-0.05, 0) is 18.1 Å². The number of nitrogens with zero attached hydrogens (tertiary/aromatic N) is 2. The third-order valence-electron chi connectivity index (χ3n) is 5.26. The molecule has 1 aliphatic carbocycles. The van der Waals surface area contributed by atoms with E-state index in [0.717, 1.165) is 29.6 Å². The molecule has 0 bridgehead atoms. The zero-order chi connectivity index (χ0) is 14.9. The summed E-state index contributed by atoms with van der Waals surface area (Å²) in [6.45, 7) is 2.11. The molecule has 0 radical (unpaired) electrons. The van der Waals surface area contributed by atoms with Gasteiger partial charge in [0, 0.05) is 17.8 Å². The highest BCUT2D eigenvalue weighted by atomic mass is 16.6. The van der Waals surface area contributed by atoms with Crippen molar-refractivity contribution >= 4 is 0 Å². The van der Waals surface area contributed by atoms with E-state index in [4.69, 9.17) is 0 Å². The monoisotopic (exact) mass is 287 g/mol. The van der Waals surface area contributed by atoms with Crippen molar-refractivity contribution in [3.05, 3.63) is 58.2 Å². The minimum Gasteiger partial charge on any atom is -0.315 e. The van der Waals surface area contributed by atoms with Crippen LogP contribution >= 0.6 is 0 Å². The number of benzene rings is 1. The Balaban J connectivity index is 1.96. The Bertz CT molecular complexity index is 535. The predicted molar refractivity (Wildman–Crippen MR) is 82.7 cm³/mol. The summed E-state index contributed by atoms with van der Waals surface area (Å²) in [5.74, 6) is -0.00764.